The van der Waals surface area contributed by atoms with Crippen LogP contribution >= 0.6 is 0 Å². The fourth-order valence-corrected chi connectivity index (χ4v) is 20.5. The second-order valence-electron chi connectivity index (χ2n) is 34.9. The van der Waals surface area contributed by atoms with E-state index in [1.165, 1.54) is 167 Å². The summed E-state index contributed by atoms with van der Waals surface area (Å²) in [6.07, 6.45) is 26.7. The van der Waals surface area contributed by atoms with E-state index in [4.69, 9.17) is 0 Å². The van der Waals surface area contributed by atoms with Gasteiger partial charge >= 0.3 is 24.4 Å². The third kappa shape index (κ3) is 26.3. The molecule has 0 bridgehead atoms. The molecule has 4 aromatic carbocycles. The van der Waals surface area contributed by atoms with Crippen LogP contribution in [0.5, 0.6) is 23.0 Å². The number of ether oxygens (including phenoxy) is 4. The predicted octanol–water partition coefficient (Wildman–Crippen LogP) is 30.7. The predicted molar refractivity (Wildman–Crippen MR) is 400 cm³/mol. The zero-order valence-electron chi connectivity index (χ0n) is 66.7. The van der Waals surface area contributed by atoms with Crippen molar-refractivity contribution in [2.75, 3.05) is 0 Å². The molecule has 0 aliphatic heterocycles. The molecule has 0 spiro atoms. The van der Waals surface area contributed by atoms with Crippen molar-refractivity contribution in [3.63, 3.8) is 0 Å². The van der Waals surface area contributed by atoms with Crippen LogP contribution in [0, 0.1) is 164 Å². The maximum absolute atomic E-state index is 14.6. The summed E-state index contributed by atoms with van der Waals surface area (Å²) < 4.78 is 293. The monoisotopic (exact) mass is 1640 g/mol. The van der Waals surface area contributed by atoms with Crippen molar-refractivity contribution >= 4 is 0 Å². The Kier molecular flexibility index (Phi) is 35.0. The molecule has 8 fully saturated rings. The molecule has 0 aromatic heterocycles. The van der Waals surface area contributed by atoms with Crippen LogP contribution in [0.4, 0.5) is 87.8 Å². The van der Waals surface area contributed by atoms with E-state index in [1.54, 1.807) is 0 Å². The van der Waals surface area contributed by atoms with Crippen molar-refractivity contribution in [1.29, 1.82) is 0 Å². The Labute approximate surface area is 661 Å². The zero-order chi connectivity index (χ0) is 82.7. The van der Waals surface area contributed by atoms with Crippen molar-refractivity contribution < 1.29 is 107 Å². The van der Waals surface area contributed by atoms with Gasteiger partial charge in [-0.3, -0.25) is 0 Å². The summed E-state index contributed by atoms with van der Waals surface area (Å²) >= 11 is 0. The zero-order valence-corrected chi connectivity index (χ0v) is 66.7. The maximum atomic E-state index is 14.6. The second-order valence-corrected chi connectivity index (χ2v) is 34.9. The molecular formula is C90H120F20O4. The van der Waals surface area contributed by atoms with Gasteiger partial charge in [-0.1, -0.05) is 143 Å². The van der Waals surface area contributed by atoms with Crippen molar-refractivity contribution in [2.45, 2.75) is 322 Å². The quantitative estimate of drug-likeness (QED) is 0.0357. The average molecular weight is 1650 g/mol. The van der Waals surface area contributed by atoms with Gasteiger partial charge in [-0.2, -0.15) is 35.1 Å². The van der Waals surface area contributed by atoms with E-state index in [0.29, 0.717) is 147 Å². The highest BCUT2D eigenvalue weighted by atomic mass is 19.3. The highest BCUT2D eigenvalue weighted by Crippen LogP contribution is 2.52. The number of alkyl halides is 8. The Morgan fingerprint density at radius 1 is 0.228 bits per heavy atom. The molecule has 24 heteroatoms. The Bertz CT molecular complexity index is 3440. The number of rotatable bonds is 26. The van der Waals surface area contributed by atoms with Crippen molar-refractivity contribution in [2.24, 2.45) is 94.7 Å². The fraction of sp³-hybridized carbons (Fsp3) is 0.733. The van der Waals surface area contributed by atoms with E-state index in [0.717, 1.165) is 75.0 Å². The molecule has 0 saturated heterocycles. The number of hydrogen-bond donors (Lipinski definition) is 0. The van der Waals surface area contributed by atoms with Crippen LogP contribution in [0.25, 0.3) is 0 Å². The lowest BCUT2D eigenvalue weighted by molar-refractivity contribution is -0.225. The van der Waals surface area contributed by atoms with Crippen LogP contribution in [0.2, 0.25) is 0 Å². The molecule has 4 nitrogen and oxygen atoms in total. The smallest absolute Gasteiger partial charge is 0.400 e. The van der Waals surface area contributed by atoms with Gasteiger partial charge in [-0.15, -0.1) is 0 Å². The van der Waals surface area contributed by atoms with Crippen molar-refractivity contribution in [3.05, 3.63) is 118 Å². The molecule has 12 rings (SSSR count). The summed E-state index contributed by atoms with van der Waals surface area (Å²) in [6, 6.07) is 3.73. The van der Waals surface area contributed by atoms with Crippen LogP contribution < -0.4 is 18.9 Å². The lowest BCUT2D eigenvalue weighted by atomic mass is 9.68. The molecular weight excluding hydrogens is 1520 g/mol. The molecule has 644 valence electrons. The topological polar surface area (TPSA) is 36.9 Å². The molecule has 8 aliphatic rings. The van der Waals surface area contributed by atoms with Crippen molar-refractivity contribution in [1.82, 2.24) is 0 Å². The summed E-state index contributed by atoms with van der Waals surface area (Å²) in [6.45, 7) is 8.87. The van der Waals surface area contributed by atoms with Gasteiger partial charge < -0.3 is 18.9 Å². The lowest BCUT2D eigenvalue weighted by Crippen LogP contribution is -2.38. The van der Waals surface area contributed by atoms with Gasteiger partial charge in [0.1, 0.15) is 23.0 Å². The Morgan fingerprint density at radius 3 is 0.605 bits per heavy atom. The summed E-state index contributed by atoms with van der Waals surface area (Å²) in [5.41, 5.74) is 0. The SMILES string of the molecule is CCC1CCC(C2CCC(C(F)(F)Oc3cc(F)c(F)c(F)c3)CC2)CC1.CCCC1CCC(C2CCC(C(F)(F)Oc3cc(F)c(F)c(F)c3)CC2)CC1.CCCCC1CCC(C2CCC(C(F)(F)Oc3cc(F)c(F)c(F)c3)CC2)CC1.CCCCCC1CCC(C2CCC(C(F)(F)Oc3cc(F)c(F)c(F)c3)CC2)CC1. The fourth-order valence-electron chi connectivity index (χ4n) is 20.5. The molecule has 8 aliphatic carbocycles. The lowest BCUT2D eigenvalue weighted by Gasteiger charge is -2.39. The Morgan fingerprint density at radius 2 is 0.412 bits per heavy atom. The van der Waals surface area contributed by atoms with Gasteiger partial charge in [0.15, 0.2) is 69.8 Å². The maximum Gasteiger partial charge on any atom is 0.400 e. The second kappa shape index (κ2) is 43.1. The van der Waals surface area contributed by atoms with Gasteiger partial charge in [-0.25, -0.2) is 52.7 Å². The van der Waals surface area contributed by atoms with Crippen LogP contribution in [-0.2, 0) is 0 Å². The first-order chi connectivity index (χ1) is 54.2. The summed E-state index contributed by atoms with van der Waals surface area (Å²) in [5, 5.41) is 0. The third-order valence-electron chi connectivity index (χ3n) is 27.5. The summed E-state index contributed by atoms with van der Waals surface area (Å²) in [4.78, 5) is 0. The van der Waals surface area contributed by atoms with E-state index in [-0.39, 0.29) is 0 Å². The summed E-state index contributed by atoms with van der Waals surface area (Å²) in [7, 11) is 0. The van der Waals surface area contributed by atoms with Gasteiger partial charge in [-0.05, 0) is 225 Å². The average Bonchev–Trinajstić information content (AvgIpc) is 0.818. The van der Waals surface area contributed by atoms with E-state index in [1.807, 2.05) is 0 Å². The first-order valence-electron chi connectivity index (χ1n) is 43.0. The number of halogens is 20. The number of unbranched alkanes of at least 4 members (excludes halogenated alkanes) is 3. The van der Waals surface area contributed by atoms with Crippen LogP contribution in [-0.4, -0.2) is 24.4 Å². The molecule has 0 radical (unpaired) electrons. The molecule has 0 unspecified atom stereocenters. The van der Waals surface area contributed by atoms with Crippen LogP contribution in [0.1, 0.15) is 297 Å². The standard InChI is InChI=1S/C24H33F5O.C23H31F5O.C22H29F5O.C21H27F5O/c1-2-3-4-5-16-6-8-17(9-7-16)18-10-12-19(13-11-18)24(28,29)30-20-14-21(25)23(27)22(26)15-20;1-2-3-4-15-5-7-16(8-6-15)17-9-11-18(12-10-17)23(27,28)29-19-13-20(24)22(26)21(25)14-19;1-2-3-14-4-6-15(7-5-14)16-8-10-17(11-9-16)22(26,27)28-18-12-19(23)21(25)20(24)13-18;1-2-13-3-5-14(6-4-13)15-7-9-16(10-8-15)21(25,26)27-17-11-18(22)20(24)19(23)12-17/h14-19H,2-13H2,1H3;13-18H,2-12H2,1H3;12-17H,2-11H2,1H3;11-16H,2-10H2,1H3. The van der Waals surface area contributed by atoms with Crippen LogP contribution in [0.3, 0.4) is 0 Å². The highest BCUT2D eigenvalue weighted by Gasteiger charge is 2.50. The number of benzene rings is 4. The molecule has 114 heavy (non-hydrogen) atoms. The normalized spacial score (nSPS) is 28.6. The van der Waals surface area contributed by atoms with Gasteiger partial charge in [0.05, 0.1) is 23.7 Å². The first kappa shape index (κ1) is 92.6. The Balaban J connectivity index is 0.000000174. The first-order valence-corrected chi connectivity index (χ1v) is 43.0. The minimum atomic E-state index is -3.53. The minimum absolute atomic E-state index is 0.331. The van der Waals surface area contributed by atoms with Crippen LogP contribution in [0.15, 0.2) is 48.5 Å². The van der Waals surface area contributed by atoms with Crippen molar-refractivity contribution in [3.8, 4) is 23.0 Å². The molecule has 0 heterocycles. The van der Waals surface area contributed by atoms with E-state index in [9.17, 15) is 87.8 Å². The van der Waals surface area contributed by atoms with E-state index in [2.05, 4.69) is 46.6 Å². The van der Waals surface area contributed by atoms with Gasteiger partial charge in [0.25, 0.3) is 0 Å². The molecule has 8 saturated carbocycles. The molecule has 4 aromatic rings. The Hall–Kier alpha value is -5.32. The third-order valence-corrected chi connectivity index (χ3v) is 27.5. The summed E-state index contributed by atoms with van der Waals surface area (Å²) in [5.74, 6) is -18.0. The minimum Gasteiger partial charge on any atom is -0.432 e. The van der Waals surface area contributed by atoms with E-state index < -0.39 is 141 Å². The van der Waals surface area contributed by atoms with Gasteiger partial charge in [0, 0.05) is 48.5 Å². The highest BCUT2D eigenvalue weighted by molar-refractivity contribution is 5.28. The molecule has 0 N–H and O–H groups in total. The largest absolute Gasteiger partial charge is 0.432 e. The number of hydrogen-bond acceptors (Lipinski definition) is 4. The van der Waals surface area contributed by atoms with Gasteiger partial charge in [0.2, 0.25) is 0 Å². The molecule has 0 amide bonds. The van der Waals surface area contributed by atoms with E-state index >= 15 is 0 Å². The molecule has 0 atom stereocenters.